The molecule has 0 spiro atoms. The minimum absolute atomic E-state index is 0.385. The van der Waals surface area contributed by atoms with E-state index >= 15 is 0 Å². The second-order valence-electron chi connectivity index (χ2n) is 6.51. The number of rotatable bonds is 4. The highest BCUT2D eigenvalue weighted by Crippen LogP contribution is 2.29. The molecule has 4 rings (SSSR count). The van der Waals surface area contributed by atoms with Crippen molar-refractivity contribution in [3.63, 3.8) is 0 Å². The largest absolute Gasteiger partial charge is 0.455 e. The van der Waals surface area contributed by atoms with Crippen molar-refractivity contribution >= 4 is 57.7 Å². The van der Waals surface area contributed by atoms with Gasteiger partial charge in [0.1, 0.15) is 11.5 Å². The van der Waals surface area contributed by atoms with Crippen LogP contribution in [0.25, 0.3) is 22.1 Å². The maximum absolute atomic E-state index is 12.2. The van der Waals surface area contributed by atoms with E-state index in [2.05, 4.69) is 15.8 Å². The van der Waals surface area contributed by atoms with Crippen LogP contribution in [0.5, 0.6) is 0 Å². The van der Waals surface area contributed by atoms with E-state index in [1.54, 1.807) is 42.5 Å². The maximum Gasteiger partial charge on any atom is 0.329 e. The molecule has 0 aliphatic heterocycles. The third-order valence-electron chi connectivity index (χ3n) is 4.43. The molecule has 0 saturated carbocycles. The standard InChI is InChI=1S/C23H15Cl2N3O3/c24-18-10-8-15(12-19(18)25)21-11-9-16(31-21)13-26-28-23(30)22(29)27-20-7-3-5-14-4-1-2-6-17(14)20/h1-13H,(H,27,29)(H,28,30)/b26-13+. The van der Waals surface area contributed by atoms with E-state index in [1.807, 2.05) is 30.3 Å². The van der Waals surface area contributed by atoms with E-state index in [9.17, 15) is 9.59 Å². The number of benzene rings is 3. The van der Waals surface area contributed by atoms with E-state index in [4.69, 9.17) is 27.6 Å². The summed E-state index contributed by atoms with van der Waals surface area (Å²) < 4.78 is 5.65. The molecule has 0 fully saturated rings. The van der Waals surface area contributed by atoms with Gasteiger partial charge in [0, 0.05) is 16.6 Å². The molecule has 0 atom stereocenters. The number of amides is 2. The van der Waals surface area contributed by atoms with Gasteiger partial charge in [-0.05, 0) is 41.8 Å². The van der Waals surface area contributed by atoms with Crippen LogP contribution in [0, 0.1) is 0 Å². The summed E-state index contributed by atoms with van der Waals surface area (Å²) in [5, 5.41) is 9.02. The monoisotopic (exact) mass is 451 g/mol. The van der Waals surface area contributed by atoms with Gasteiger partial charge in [-0.15, -0.1) is 0 Å². The van der Waals surface area contributed by atoms with Crippen molar-refractivity contribution in [3.8, 4) is 11.3 Å². The molecule has 0 aliphatic rings. The molecule has 6 nitrogen and oxygen atoms in total. The smallest absolute Gasteiger partial charge is 0.329 e. The molecule has 0 unspecified atom stereocenters. The molecule has 8 heteroatoms. The van der Waals surface area contributed by atoms with Crippen molar-refractivity contribution in [1.29, 1.82) is 0 Å². The first-order valence-electron chi connectivity index (χ1n) is 9.19. The molecule has 3 aromatic carbocycles. The lowest BCUT2D eigenvalue weighted by Crippen LogP contribution is -2.32. The lowest BCUT2D eigenvalue weighted by Gasteiger charge is -2.07. The molecular weight excluding hydrogens is 437 g/mol. The van der Waals surface area contributed by atoms with Gasteiger partial charge in [0.25, 0.3) is 0 Å². The number of nitrogens with one attached hydrogen (secondary N) is 2. The number of nitrogens with zero attached hydrogens (tertiary/aromatic N) is 1. The quantitative estimate of drug-likeness (QED) is 0.244. The normalized spacial score (nSPS) is 11.0. The van der Waals surface area contributed by atoms with Crippen LogP contribution in [0.2, 0.25) is 10.0 Å². The van der Waals surface area contributed by atoms with Gasteiger partial charge in [0.05, 0.1) is 16.3 Å². The van der Waals surface area contributed by atoms with Gasteiger partial charge in [0.2, 0.25) is 0 Å². The third-order valence-corrected chi connectivity index (χ3v) is 5.17. The number of hydrazone groups is 1. The molecule has 2 N–H and O–H groups in total. The van der Waals surface area contributed by atoms with Gasteiger partial charge in [-0.1, -0.05) is 59.6 Å². The summed E-state index contributed by atoms with van der Waals surface area (Å²) in [5.41, 5.74) is 3.47. The van der Waals surface area contributed by atoms with Gasteiger partial charge in [-0.2, -0.15) is 5.10 Å². The molecule has 154 valence electrons. The lowest BCUT2D eigenvalue weighted by molar-refractivity contribution is -0.136. The van der Waals surface area contributed by atoms with Crippen molar-refractivity contribution in [3.05, 3.63) is 88.6 Å². The molecule has 0 aliphatic carbocycles. The van der Waals surface area contributed by atoms with Crippen molar-refractivity contribution in [2.45, 2.75) is 0 Å². The zero-order valence-electron chi connectivity index (χ0n) is 15.9. The lowest BCUT2D eigenvalue weighted by atomic mass is 10.1. The third kappa shape index (κ3) is 4.77. The Hall–Kier alpha value is -3.61. The van der Waals surface area contributed by atoms with Crippen LogP contribution in [0.1, 0.15) is 5.76 Å². The zero-order chi connectivity index (χ0) is 21.8. The Balaban J connectivity index is 1.38. The number of carbonyl (C=O) groups is 2. The highest BCUT2D eigenvalue weighted by Gasteiger charge is 2.14. The van der Waals surface area contributed by atoms with Crippen molar-refractivity contribution in [2.75, 3.05) is 5.32 Å². The molecule has 0 bridgehead atoms. The van der Waals surface area contributed by atoms with Crippen LogP contribution in [0.15, 0.2) is 82.3 Å². The second-order valence-corrected chi connectivity index (χ2v) is 7.33. The topological polar surface area (TPSA) is 83.7 Å². The van der Waals surface area contributed by atoms with E-state index in [1.165, 1.54) is 6.21 Å². The molecule has 2 amide bonds. The van der Waals surface area contributed by atoms with Crippen molar-refractivity contribution < 1.29 is 14.0 Å². The molecule has 0 radical (unpaired) electrons. The number of carbonyl (C=O) groups excluding carboxylic acids is 2. The molecule has 1 heterocycles. The highest BCUT2D eigenvalue weighted by atomic mass is 35.5. The maximum atomic E-state index is 12.2. The summed E-state index contributed by atoms with van der Waals surface area (Å²) in [6.07, 6.45) is 1.30. The van der Waals surface area contributed by atoms with Crippen molar-refractivity contribution in [1.82, 2.24) is 5.43 Å². The van der Waals surface area contributed by atoms with E-state index in [-0.39, 0.29) is 0 Å². The summed E-state index contributed by atoms with van der Waals surface area (Å²) in [5.74, 6) is -0.791. The SMILES string of the molecule is O=C(N/N=C/c1ccc(-c2ccc(Cl)c(Cl)c2)o1)C(=O)Nc1cccc2ccccc12. The summed E-state index contributed by atoms with van der Waals surface area (Å²) in [7, 11) is 0. The molecule has 0 saturated heterocycles. The molecule has 4 aromatic rings. The van der Waals surface area contributed by atoms with Gasteiger partial charge in [-0.3, -0.25) is 9.59 Å². The predicted molar refractivity (Wildman–Crippen MR) is 122 cm³/mol. The Morgan fingerprint density at radius 2 is 1.68 bits per heavy atom. The van der Waals surface area contributed by atoms with E-state index < -0.39 is 11.8 Å². The first-order valence-corrected chi connectivity index (χ1v) is 9.94. The summed E-state index contributed by atoms with van der Waals surface area (Å²) in [4.78, 5) is 24.3. The fraction of sp³-hybridized carbons (Fsp3) is 0. The van der Waals surface area contributed by atoms with Crippen LogP contribution >= 0.6 is 23.2 Å². The first kappa shape index (κ1) is 20.7. The van der Waals surface area contributed by atoms with E-state index in [0.29, 0.717) is 27.3 Å². The minimum Gasteiger partial charge on any atom is -0.455 e. The van der Waals surface area contributed by atoms with E-state index in [0.717, 1.165) is 16.3 Å². The summed E-state index contributed by atoms with van der Waals surface area (Å²) in [6.45, 7) is 0. The predicted octanol–water partition coefficient (Wildman–Crippen LogP) is 5.50. The summed E-state index contributed by atoms with van der Waals surface area (Å²) in [6, 6.07) is 21.5. The fourth-order valence-corrected chi connectivity index (χ4v) is 3.24. The minimum atomic E-state index is -0.902. The summed E-state index contributed by atoms with van der Waals surface area (Å²) >= 11 is 11.9. The van der Waals surface area contributed by atoms with Gasteiger partial charge in [0.15, 0.2) is 0 Å². The van der Waals surface area contributed by atoms with Crippen LogP contribution in [0.3, 0.4) is 0 Å². The number of fused-ring (bicyclic) bond motifs is 1. The Bertz CT molecular complexity index is 1310. The Kier molecular flexibility index (Phi) is 6.02. The van der Waals surface area contributed by atoms with Gasteiger partial charge >= 0.3 is 11.8 Å². The number of hydrogen-bond acceptors (Lipinski definition) is 4. The molecule has 31 heavy (non-hydrogen) atoms. The zero-order valence-corrected chi connectivity index (χ0v) is 17.4. The average molecular weight is 452 g/mol. The Morgan fingerprint density at radius 3 is 2.52 bits per heavy atom. The number of halogens is 2. The van der Waals surface area contributed by atoms with Crippen LogP contribution in [-0.4, -0.2) is 18.0 Å². The van der Waals surface area contributed by atoms with Gasteiger partial charge in [-0.25, -0.2) is 5.43 Å². The number of anilines is 1. The second kappa shape index (κ2) is 9.04. The average Bonchev–Trinajstić information content (AvgIpc) is 3.24. The molecular formula is C23H15Cl2N3O3. The number of hydrogen-bond donors (Lipinski definition) is 2. The number of furan rings is 1. The van der Waals surface area contributed by atoms with Crippen LogP contribution in [-0.2, 0) is 9.59 Å². The Morgan fingerprint density at radius 1 is 0.871 bits per heavy atom. The van der Waals surface area contributed by atoms with Crippen molar-refractivity contribution in [2.24, 2.45) is 5.10 Å². The van der Waals surface area contributed by atoms with Crippen LogP contribution < -0.4 is 10.7 Å². The van der Waals surface area contributed by atoms with Crippen LogP contribution in [0.4, 0.5) is 5.69 Å². The fourth-order valence-electron chi connectivity index (χ4n) is 2.95. The first-order chi connectivity index (χ1) is 15.0. The highest BCUT2D eigenvalue weighted by molar-refractivity contribution is 6.42. The van der Waals surface area contributed by atoms with Gasteiger partial charge < -0.3 is 9.73 Å². The molecule has 1 aromatic heterocycles. The Labute approximate surface area is 187 Å².